The van der Waals surface area contributed by atoms with Crippen molar-refractivity contribution in [3.63, 3.8) is 0 Å². The van der Waals surface area contributed by atoms with Crippen molar-refractivity contribution >= 4 is 15.7 Å². The number of sulfone groups is 1. The van der Waals surface area contributed by atoms with E-state index in [0.717, 1.165) is 0 Å². The van der Waals surface area contributed by atoms with Crippen LogP contribution in [0, 0.1) is 0 Å². The molecule has 0 aliphatic carbocycles. The molecule has 0 atom stereocenters. The lowest BCUT2D eigenvalue weighted by Gasteiger charge is -2.38. The van der Waals surface area contributed by atoms with Gasteiger partial charge in [0.25, 0.3) is 5.91 Å². The Morgan fingerprint density at radius 1 is 0.889 bits per heavy atom. The van der Waals surface area contributed by atoms with Crippen LogP contribution in [0.1, 0.15) is 10.4 Å². The average molecular weight is 391 g/mol. The summed E-state index contributed by atoms with van der Waals surface area (Å²) in [5.41, 5.74) is 0.395. The molecule has 2 aromatic carbocycles. The quantitative estimate of drug-likeness (QED) is 0.749. The number of ether oxygens (including phenoxy) is 3. The number of hydrogen-bond acceptors (Lipinski definition) is 6. The van der Waals surface area contributed by atoms with Gasteiger partial charge in [-0.2, -0.15) is 0 Å². The summed E-state index contributed by atoms with van der Waals surface area (Å²) < 4.78 is 40.8. The van der Waals surface area contributed by atoms with Gasteiger partial charge in [-0.25, -0.2) is 8.42 Å². The molecular formula is C19H21NO6S. The second-order valence-corrected chi connectivity index (χ2v) is 8.38. The summed E-state index contributed by atoms with van der Waals surface area (Å²) >= 11 is 0. The zero-order valence-electron chi connectivity index (χ0n) is 15.3. The third-order valence-electron chi connectivity index (χ3n) is 4.56. The largest absolute Gasteiger partial charge is 0.497 e. The fourth-order valence-corrected chi connectivity index (χ4v) is 4.52. The molecule has 8 heteroatoms. The number of carbonyl (C=O) groups is 1. The Morgan fingerprint density at radius 3 is 1.89 bits per heavy atom. The highest BCUT2D eigenvalue weighted by Gasteiger charge is 2.40. The van der Waals surface area contributed by atoms with Crippen LogP contribution in [0.25, 0.3) is 0 Å². The van der Waals surface area contributed by atoms with E-state index in [4.69, 9.17) is 14.2 Å². The van der Waals surface area contributed by atoms with Gasteiger partial charge in [-0.1, -0.05) is 0 Å². The first kappa shape index (κ1) is 19.0. The van der Waals surface area contributed by atoms with Gasteiger partial charge in [0.15, 0.2) is 9.84 Å². The van der Waals surface area contributed by atoms with Crippen LogP contribution in [-0.2, 0) is 9.84 Å². The molecule has 1 aliphatic heterocycles. The van der Waals surface area contributed by atoms with Crippen molar-refractivity contribution in [2.45, 2.75) is 10.1 Å². The molecule has 0 bridgehead atoms. The van der Waals surface area contributed by atoms with E-state index in [2.05, 4.69) is 0 Å². The summed E-state index contributed by atoms with van der Waals surface area (Å²) in [5, 5.41) is -0.623. The summed E-state index contributed by atoms with van der Waals surface area (Å²) in [5.74, 6) is 1.33. The van der Waals surface area contributed by atoms with Gasteiger partial charge in [-0.15, -0.1) is 0 Å². The topological polar surface area (TPSA) is 82.1 Å². The number of benzene rings is 2. The van der Waals surface area contributed by atoms with Crippen LogP contribution in [0.5, 0.6) is 17.2 Å². The molecule has 0 N–H and O–H groups in total. The Kier molecular flexibility index (Phi) is 5.27. The number of carbonyl (C=O) groups excluding carboxylic acids is 1. The number of hydrogen-bond donors (Lipinski definition) is 0. The fourth-order valence-electron chi connectivity index (χ4n) is 2.87. The summed E-state index contributed by atoms with van der Waals surface area (Å²) in [6.45, 7) is 0.291. The van der Waals surface area contributed by atoms with E-state index in [9.17, 15) is 13.2 Å². The van der Waals surface area contributed by atoms with E-state index in [1.54, 1.807) is 30.3 Å². The lowest BCUT2D eigenvalue weighted by atomic mass is 10.1. The van der Waals surface area contributed by atoms with Crippen LogP contribution < -0.4 is 14.2 Å². The first-order valence-electron chi connectivity index (χ1n) is 8.29. The van der Waals surface area contributed by atoms with Gasteiger partial charge in [-0.05, 0) is 36.4 Å². The molecule has 1 saturated heterocycles. The molecule has 1 heterocycles. The van der Waals surface area contributed by atoms with E-state index in [1.165, 1.54) is 38.4 Å². The van der Waals surface area contributed by atoms with Crippen LogP contribution in [0.2, 0.25) is 0 Å². The fraction of sp³-hybridized carbons (Fsp3) is 0.316. The highest BCUT2D eigenvalue weighted by atomic mass is 32.2. The SMILES string of the molecule is COc1ccc(S(=O)(=O)C2CN(C(=O)c3cc(OC)cc(OC)c3)C2)cc1. The van der Waals surface area contributed by atoms with E-state index in [1.807, 2.05) is 0 Å². The Balaban J connectivity index is 1.72. The first-order valence-corrected chi connectivity index (χ1v) is 9.84. The van der Waals surface area contributed by atoms with Gasteiger partial charge in [0.1, 0.15) is 22.5 Å². The third kappa shape index (κ3) is 3.71. The minimum atomic E-state index is -3.50. The lowest BCUT2D eigenvalue weighted by Crippen LogP contribution is -2.56. The van der Waals surface area contributed by atoms with Crippen molar-refractivity contribution in [1.82, 2.24) is 4.90 Å². The van der Waals surface area contributed by atoms with E-state index in [-0.39, 0.29) is 23.9 Å². The second kappa shape index (κ2) is 7.48. The number of likely N-dealkylation sites (tertiary alicyclic amines) is 1. The Hall–Kier alpha value is -2.74. The number of nitrogens with zero attached hydrogens (tertiary/aromatic N) is 1. The van der Waals surface area contributed by atoms with E-state index >= 15 is 0 Å². The van der Waals surface area contributed by atoms with Gasteiger partial charge in [0.05, 0.1) is 26.2 Å². The molecule has 0 radical (unpaired) electrons. The van der Waals surface area contributed by atoms with Crippen molar-refractivity contribution in [2.75, 3.05) is 34.4 Å². The van der Waals surface area contributed by atoms with Gasteiger partial charge in [0.2, 0.25) is 0 Å². The minimum Gasteiger partial charge on any atom is -0.497 e. The summed E-state index contributed by atoms with van der Waals surface area (Å²) in [7, 11) is 1.03. The predicted molar refractivity (Wildman–Crippen MR) is 99.4 cm³/mol. The van der Waals surface area contributed by atoms with Crippen LogP contribution in [0.15, 0.2) is 47.4 Å². The molecule has 0 saturated carbocycles. The molecule has 7 nitrogen and oxygen atoms in total. The van der Waals surface area contributed by atoms with Gasteiger partial charge >= 0.3 is 0 Å². The highest BCUT2D eigenvalue weighted by molar-refractivity contribution is 7.92. The summed E-state index contributed by atoms with van der Waals surface area (Å²) in [4.78, 5) is 14.4. The number of methoxy groups -OCH3 is 3. The second-order valence-electron chi connectivity index (χ2n) is 6.15. The maximum absolute atomic E-state index is 12.7. The van der Waals surface area contributed by atoms with Crippen molar-refractivity contribution in [2.24, 2.45) is 0 Å². The Bertz CT molecular complexity index is 911. The maximum Gasteiger partial charge on any atom is 0.254 e. The van der Waals surface area contributed by atoms with Gasteiger partial charge in [0, 0.05) is 24.7 Å². The predicted octanol–water partition coefficient (Wildman–Crippen LogP) is 2.01. The maximum atomic E-state index is 12.7. The zero-order valence-corrected chi connectivity index (χ0v) is 16.2. The van der Waals surface area contributed by atoms with E-state index < -0.39 is 15.1 Å². The zero-order chi connectivity index (χ0) is 19.6. The molecule has 1 fully saturated rings. The minimum absolute atomic E-state index is 0.146. The summed E-state index contributed by atoms with van der Waals surface area (Å²) in [6.07, 6.45) is 0. The van der Waals surface area contributed by atoms with Gasteiger partial charge in [-0.3, -0.25) is 4.79 Å². The monoisotopic (exact) mass is 391 g/mol. The van der Waals surface area contributed by atoms with Crippen molar-refractivity contribution in [3.8, 4) is 17.2 Å². The molecule has 1 aliphatic rings. The number of amides is 1. The van der Waals surface area contributed by atoms with Crippen LogP contribution in [0.3, 0.4) is 0 Å². The van der Waals surface area contributed by atoms with Crippen LogP contribution in [-0.4, -0.2) is 58.9 Å². The molecule has 144 valence electrons. The molecule has 0 unspecified atom stereocenters. The normalized spacial score (nSPS) is 14.4. The average Bonchev–Trinajstić information content (AvgIpc) is 2.66. The third-order valence-corrected chi connectivity index (χ3v) is 6.67. The number of rotatable bonds is 6. The van der Waals surface area contributed by atoms with Crippen LogP contribution >= 0.6 is 0 Å². The van der Waals surface area contributed by atoms with E-state index in [0.29, 0.717) is 22.8 Å². The molecule has 0 spiro atoms. The first-order chi connectivity index (χ1) is 12.9. The van der Waals surface area contributed by atoms with Crippen molar-refractivity contribution < 1.29 is 27.4 Å². The smallest absolute Gasteiger partial charge is 0.254 e. The Morgan fingerprint density at radius 2 is 1.41 bits per heavy atom. The molecule has 2 aromatic rings. The lowest BCUT2D eigenvalue weighted by molar-refractivity contribution is 0.0658. The highest BCUT2D eigenvalue weighted by Crippen LogP contribution is 2.28. The molecular weight excluding hydrogens is 370 g/mol. The Labute approximate surface area is 158 Å². The van der Waals surface area contributed by atoms with Crippen LogP contribution in [0.4, 0.5) is 0 Å². The van der Waals surface area contributed by atoms with Gasteiger partial charge < -0.3 is 19.1 Å². The standard InChI is InChI=1S/C19H21NO6S/c1-24-14-4-6-17(7-5-14)27(22,23)18-11-20(12-18)19(21)13-8-15(25-2)10-16(9-13)26-3/h4-10,18H,11-12H2,1-3H3. The van der Waals surface area contributed by atoms with Crippen molar-refractivity contribution in [1.29, 1.82) is 0 Å². The van der Waals surface area contributed by atoms with Crippen molar-refractivity contribution in [3.05, 3.63) is 48.0 Å². The molecule has 0 aromatic heterocycles. The molecule has 27 heavy (non-hydrogen) atoms. The molecule has 1 amide bonds. The molecule has 3 rings (SSSR count). The summed E-state index contributed by atoms with van der Waals surface area (Å²) in [6, 6.07) is 11.1.